The summed E-state index contributed by atoms with van der Waals surface area (Å²) in [7, 11) is -2.62. The lowest BCUT2D eigenvalue weighted by Crippen LogP contribution is -2.51. The molecule has 2 aromatic rings. The Morgan fingerprint density at radius 3 is 2.30 bits per heavy atom. The number of amides is 4. The molecule has 17 heteroatoms. The molecule has 1 aliphatic rings. The highest BCUT2D eigenvalue weighted by Crippen LogP contribution is 2.43. The van der Waals surface area contributed by atoms with Crippen LogP contribution < -0.4 is 30.7 Å². The predicted octanol–water partition coefficient (Wildman–Crippen LogP) is 3.30. The van der Waals surface area contributed by atoms with Gasteiger partial charge in [-0.05, 0) is 90.5 Å². The van der Waals surface area contributed by atoms with Gasteiger partial charge in [0.05, 0.1) is 4.90 Å². The van der Waals surface area contributed by atoms with Gasteiger partial charge in [-0.2, -0.15) is 0 Å². The Morgan fingerprint density at radius 1 is 0.981 bits per heavy atom. The first-order valence-corrected chi connectivity index (χ1v) is 19.2. The summed E-state index contributed by atoms with van der Waals surface area (Å²) in [6.45, 7) is 14.1. The molecule has 6 N–H and O–H groups in total. The molecular formula is C37H55N7O9S. The Labute approximate surface area is 318 Å². The lowest BCUT2D eigenvalue weighted by Gasteiger charge is -2.22. The number of benzene rings is 2. The molecular weight excluding hydrogens is 719 g/mol. The Bertz CT molecular complexity index is 1810. The normalized spacial score (nSPS) is 13.7. The van der Waals surface area contributed by atoms with Crippen LogP contribution in [-0.2, 0) is 42.1 Å². The number of likely N-dealkylation sites (N-methyl/N-ethyl adjacent to an activating group) is 1. The van der Waals surface area contributed by atoms with Gasteiger partial charge in [0.1, 0.15) is 36.1 Å². The standard InChI is InChI=1S/C37H55N7O9S/c1-23-24(2)31(25(3)27-20-37(7,8)52-30(23)27)54(49,50)43-33(38)40-17-13-16-28(42-29(45)21-41-34(47)53-36(4,5)6)32(46)39-18-19-44(9)35(48)51-22-26-14-11-10-12-15-26/h10-12,14-15,28H,13,16-22H2,1-9H3,(H,39,46)(H,41,47)(H,42,45)(H3,38,40,43)/t28-/m0/s1. The van der Waals surface area contributed by atoms with E-state index in [9.17, 15) is 27.6 Å². The number of ether oxygens (including phenoxy) is 3. The van der Waals surface area contributed by atoms with Crippen molar-refractivity contribution in [2.24, 2.45) is 0 Å². The Hall–Kier alpha value is -5.06. The van der Waals surface area contributed by atoms with E-state index in [0.717, 1.165) is 16.7 Å². The number of fused-ring (bicyclic) bond motifs is 1. The van der Waals surface area contributed by atoms with Crippen molar-refractivity contribution < 1.29 is 41.8 Å². The molecule has 4 amide bonds. The molecule has 1 heterocycles. The van der Waals surface area contributed by atoms with Gasteiger partial charge in [-0.1, -0.05) is 30.3 Å². The van der Waals surface area contributed by atoms with E-state index in [2.05, 4.69) is 26.0 Å². The van der Waals surface area contributed by atoms with Crippen molar-refractivity contribution >= 4 is 40.0 Å². The third kappa shape index (κ3) is 12.8. The second-order valence-electron chi connectivity index (χ2n) is 14.8. The van der Waals surface area contributed by atoms with Crippen LogP contribution in [0.4, 0.5) is 9.59 Å². The van der Waals surface area contributed by atoms with Gasteiger partial charge in [-0.25, -0.2) is 22.7 Å². The van der Waals surface area contributed by atoms with Gasteiger partial charge in [0, 0.05) is 38.7 Å². The number of hydrogen-bond donors (Lipinski definition) is 6. The van der Waals surface area contributed by atoms with Crippen LogP contribution in [0.1, 0.15) is 75.3 Å². The number of guanidine groups is 1. The predicted molar refractivity (Wildman–Crippen MR) is 203 cm³/mol. The average Bonchev–Trinajstić information content (AvgIpc) is 3.41. The fraction of sp³-hybridized carbons (Fsp3) is 0.541. The highest BCUT2D eigenvalue weighted by atomic mass is 32.2. The van der Waals surface area contributed by atoms with Crippen molar-refractivity contribution in [3.8, 4) is 5.75 Å². The fourth-order valence-electron chi connectivity index (χ4n) is 5.76. The minimum atomic E-state index is -4.15. The number of alkyl carbamates (subject to hydrolysis) is 1. The zero-order valence-corrected chi connectivity index (χ0v) is 33.5. The zero-order chi connectivity index (χ0) is 40.4. The van der Waals surface area contributed by atoms with Crippen LogP contribution in [-0.4, -0.2) is 93.7 Å². The minimum Gasteiger partial charge on any atom is -0.487 e. The van der Waals surface area contributed by atoms with Crippen LogP contribution in [0.5, 0.6) is 5.75 Å². The molecule has 2 aromatic carbocycles. The van der Waals surface area contributed by atoms with E-state index < -0.39 is 63.8 Å². The topological polar surface area (TPSA) is 217 Å². The summed E-state index contributed by atoms with van der Waals surface area (Å²) in [5.74, 6) is -0.966. The van der Waals surface area contributed by atoms with Gasteiger partial charge >= 0.3 is 12.2 Å². The summed E-state index contributed by atoms with van der Waals surface area (Å²) in [5, 5.41) is 18.7. The first-order valence-electron chi connectivity index (χ1n) is 17.7. The molecule has 0 spiro atoms. The van der Waals surface area contributed by atoms with Crippen molar-refractivity contribution in [2.75, 3.05) is 33.2 Å². The molecule has 0 bridgehead atoms. The van der Waals surface area contributed by atoms with Gasteiger partial charge in [-0.3, -0.25) is 15.0 Å². The first-order chi connectivity index (χ1) is 25.1. The molecule has 0 saturated heterocycles. The number of hydrogen-bond acceptors (Lipinski definition) is 10. The number of carbonyl (C=O) groups is 4. The van der Waals surface area contributed by atoms with Gasteiger partial charge in [0.25, 0.3) is 10.0 Å². The number of nitrogens with zero attached hydrogens (tertiary/aromatic N) is 1. The minimum absolute atomic E-state index is 0.0492. The molecule has 298 valence electrons. The van der Waals surface area contributed by atoms with Gasteiger partial charge < -0.3 is 40.4 Å². The van der Waals surface area contributed by atoms with Crippen molar-refractivity contribution in [3.63, 3.8) is 0 Å². The molecule has 1 atom stereocenters. The van der Waals surface area contributed by atoms with Crippen molar-refractivity contribution in [3.05, 3.63) is 58.1 Å². The summed E-state index contributed by atoms with van der Waals surface area (Å²) in [5.41, 5.74) is 2.24. The Morgan fingerprint density at radius 2 is 1.65 bits per heavy atom. The molecule has 0 fully saturated rings. The summed E-state index contributed by atoms with van der Waals surface area (Å²) in [4.78, 5) is 51.8. The van der Waals surface area contributed by atoms with Gasteiger partial charge in [-0.15, -0.1) is 0 Å². The Kier molecular flexibility index (Phi) is 14.7. The summed E-state index contributed by atoms with van der Waals surface area (Å²) >= 11 is 0. The number of carbonyl (C=O) groups excluding carboxylic acids is 4. The van der Waals surface area contributed by atoms with Crippen LogP contribution in [0.2, 0.25) is 0 Å². The SMILES string of the molecule is Cc1c(C)c(S(=O)(=O)NC(=N)NCCC[C@H](NC(=O)CNC(=O)OC(C)(C)C)C(=O)NCCN(C)C(=O)OCc2ccccc2)c(C)c2c1OC(C)(C)C2. The number of rotatable bonds is 15. The van der Waals surface area contributed by atoms with Crippen LogP contribution in [0.3, 0.4) is 0 Å². The molecule has 0 aliphatic carbocycles. The van der Waals surface area contributed by atoms with E-state index in [0.29, 0.717) is 23.3 Å². The zero-order valence-electron chi connectivity index (χ0n) is 32.7. The smallest absolute Gasteiger partial charge is 0.409 e. The van der Waals surface area contributed by atoms with Gasteiger partial charge in [0.2, 0.25) is 17.8 Å². The number of sulfonamides is 1. The summed E-state index contributed by atoms with van der Waals surface area (Å²) in [6, 6.07) is 8.12. The molecule has 0 aromatic heterocycles. The summed E-state index contributed by atoms with van der Waals surface area (Å²) in [6.07, 6.45) is -0.512. The van der Waals surface area contributed by atoms with Crippen LogP contribution >= 0.6 is 0 Å². The van der Waals surface area contributed by atoms with E-state index in [4.69, 9.17) is 19.6 Å². The largest absolute Gasteiger partial charge is 0.487 e. The molecule has 3 rings (SSSR count). The van der Waals surface area contributed by atoms with Crippen LogP contribution in [0.25, 0.3) is 0 Å². The monoisotopic (exact) mass is 773 g/mol. The molecule has 54 heavy (non-hydrogen) atoms. The molecule has 0 saturated carbocycles. The maximum atomic E-state index is 13.5. The second-order valence-corrected chi connectivity index (χ2v) is 16.4. The van der Waals surface area contributed by atoms with E-state index in [-0.39, 0.29) is 44.0 Å². The van der Waals surface area contributed by atoms with Crippen molar-refractivity contribution in [1.29, 1.82) is 5.41 Å². The Balaban J connectivity index is 1.57. The van der Waals surface area contributed by atoms with E-state index in [1.54, 1.807) is 34.6 Å². The second kappa shape index (κ2) is 18.3. The quantitative estimate of drug-likeness (QED) is 0.0882. The maximum absolute atomic E-state index is 13.5. The van der Waals surface area contributed by atoms with Crippen molar-refractivity contribution in [1.82, 2.24) is 30.9 Å². The number of nitrogens with one attached hydrogen (secondary N) is 6. The lowest BCUT2D eigenvalue weighted by molar-refractivity contribution is -0.128. The third-order valence-electron chi connectivity index (χ3n) is 8.48. The lowest BCUT2D eigenvalue weighted by atomic mass is 9.94. The fourth-order valence-corrected chi connectivity index (χ4v) is 7.29. The first kappa shape index (κ1) is 43.3. The highest BCUT2D eigenvalue weighted by Gasteiger charge is 2.37. The molecule has 16 nitrogen and oxygen atoms in total. The molecule has 1 aliphatic heterocycles. The van der Waals surface area contributed by atoms with Gasteiger partial charge in [0.15, 0.2) is 0 Å². The van der Waals surface area contributed by atoms with E-state index in [1.165, 1.54) is 11.9 Å². The highest BCUT2D eigenvalue weighted by molar-refractivity contribution is 7.90. The van der Waals surface area contributed by atoms with Crippen molar-refractivity contribution in [2.45, 2.75) is 103 Å². The molecule has 0 radical (unpaired) electrons. The summed E-state index contributed by atoms with van der Waals surface area (Å²) < 4.78 is 45.9. The van der Waals surface area contributed by atoms with E-state index in [1.807, 2.05) is 51.1 Å². The molecule has 0 unspecified atom stereocenters. The van der Waals surface area contributed by atoms with Crippen LogP contribution in [0.15, 0.2) is 35.2 Å². The van der Waals surface area contributed by atoms with E-state index >= 15 is 0 Å². The third-order valence-corrected chi connectivity index (χ3v) is 10.1. The maximum Gasteiger partial charge on any atom is 0.409 e. The van der Waals surface area contributed by atoms with Crippen LogP contribution in [0, 0.1) is 26.2 Å². The average molecular weight is 774 g/mol.